The third kappa shape index (κ3) is 5.50. The number of fused-ring (bicyclic) bond motifs is 1. The van der Waals surface area contributed by atoms with Crippen molar-refractivity contribution in [1.82, 2.24) is 5.32 Å². The van der Waals surface area contributed by atoms with Gasteiger partial charge in [0, 0.05) is 34.1 Å². The van der Waals surface area contributed by atoms with Crippen LogP contribution in [0.3, 0.4) is 0 Å². The number of nitrogens with one attached hydrogen (secondary N) is 2. The van der Waals surface area contributed by atoms with Gasteiger partial charge in [-0.1, -0.05) is 29.3 Å². The summed E-state index contributed by atoms with van der Waals surface area (Å²) in [5, 5.41) is 5.96. The van der Waals surface area contributed by atoms with Crippen LogP contribution in [-0.2, 0) is 6.42 Å². The lowest BCUT2D eigenvalue weighted by atomic mass is 9.85. The highest BCUT2D eigenvalue weighted by atomic mass is 35.5. The van der Waals surface area contributed by atoms with Gasteiger partial charge >= 0.3 is 0 Å². The number of halogens is 3. The molecule has 8 heteroatoms. The lowest BCUT2D eigenvalue weighted by molar-refractivity contribution is 0.102. The smallest absolute Gasteiger partial charge is 0.257 e. The number of methoxy groups -OCH3 is 1. The van der Waals surface area contributed by atoms with Gasteiger partial charge in [0.1, 0.15) is 11.6 Å². The van der Waals surface area contributed by atoms with E-state index in [9.17, 15) is 14.0 Å². The zero-order chi connectivity index (χ0) is 25.3. The fraction of sp³-hybridized carbons (Fsp3) is 0.185. The van der Waals surface area contributed by atoms with E-state index < -0.39 is 11.7 Å². The fourth-order valence-electron chi connectivity index (χ4n) is 3.98. The van der Waals surface area contributed by atoms with Gasteiger partial charge in [0.05, 0.1) is 22.7 Å². The highest BCUT2D eigenvalue weighted by Crippen LogP contribution is 2.32. The van der Waals surface area contributed by atoms with Gasteiger partial charge < -0.3 is 15.4 Å². The summed E-state index contributed by atoms with van der Waals surface area (Å²) in [6.07, 6.45) is 2.39. The second-order valence-corrected chi connectivity index (χ2v) is 9.72. The third-order valence-corrected chi connectivity index (χ3v) is 6.27. The predicted molar refractivity (Wildman–Crippen MR) is 137 cm³/mol. The van der Waals surface area contributed by atoms with E-state index in [-0.39, 0.29) is 26.9 Å². The van der Waals surface area contributed by atoms with E-state index in [4.69, 9.17) is 27.9 Å². The highest BCUT2D eigenvalue weighted by Gasteiger charge is 2.28. The number of ether oxygens (including phenoxy) is 1. The first-order valence-electron chi connectivity index (χ1n) is 10.8. The van der Waals surface area contributed by atoms with Crippen LogP contribution in [-0.4, -0.2) is 24.3 Å². The molecule has 3 aromatic rings. The summed E-state index contributed by atoms with van der Waals surface area (Å²) in [6, 6.07) is 14.4. The summed E-state index contributed by atoms with van der Waals surface area (Å²) in [4.78, 5) is 25.6. The summed E-state index contributed by atoms with van der Waals surface area (Å²) < 4.78 is 19.1. The molecule has 0 saturated heterocycles. The monoisotopic (exact) mass is 512 g/mol. The Kier molecular flexibility index (Phi) is 6.88. The molecule has 1 heterocycles. The Balaban J connectivity index is 1.55. The molecule has 5 nitrogen and oxygen atoms in total. The molecule has 180 valence electrons. The van der Waals surface area contributed by atoms with Crippen LogP contribution < -0.4 is 15.4 Å². The van der Waals surface area contributed by atoms with Crippen LogP contribution in [0.25, 0.3) is 5.70 Å². The standard InChI is InChI=1S/C27H23Cl2FN2O3/c1-27(2)14-16-6-9-18(35-3)10-19(16)24(32-27)13-25(33)15-4-7-17(8-5-15)31-26(34)20-11-23(30)22(29)12-21(20)28/h4-13,32H,14H2,1-3H3,(H,31,34). The number of ketones is 1. The van der Waals surface area contributed by atoms with Gasteiger partial charge in [0.25, 0.3) is 5.91 Å². The number of carbonyl (C=O) groups is 2. The van der Waals surface area contributed by atoms with E-state index in [1.165, 1.54) is 6.07 Å². The Morgan fingerprint density at radius 1 is 1.06 bits per heavy atom. The van der Waals surface area contributed by atoms with Crippen LogP contribution in [0.5, 0.6) is 5.75 Å². The van der Waals surface area contributed by atoms with Crippen molar-refractivity contribution in [1.29, 1.82) is 0 Å². The molecule has 35 heavy (non-hydrogen) atoms. The summed E-state index contributed by atoms with van der Waals surface area (Å²) in [7, 11) is 1.61. The summed E-state index contributed by atoms with van der Waals surface area (Å²) in [6.45, 7) is 4.16. The van der Waals surface area contributed by atoms with Crippen molar-refractivity contribution in [3.8, 4) is 5.75 Å². The van der Waals surface area contributed by atoms with E-state index in [0.29, 0.717) is 17.0 Å². The molecule has 0 bridgehead atoms. The summed E-state index contributed by atoms with van der Waals surface area (Å²) in [5.74, 6) is -0.816. The Labute approximate surface area is 212 Å². The number of anilines is 1. The van der Waals surface area contributed by atoms with Crippen molar-refractivity contribution in [2.24, 2.45) is 0 Å². The van der Waals surface area contributed by atoms with E-state index >= 15 is 0 Å². The maximum Gasteiger partial charge on any atom is 0.257 e. The van der Waals surface area contributed by atoms with Crippen molar-refractivity contribution in [2.75, 3.05) is 12.4 Å². The Morgan fingerprint density at radius 2 is 1.77 bits per heavy atom. The molecule has 1 amide bonds. The second kappa shape index (κ2) is 9.72. The SMILES string of the molecule is COc1ccc2c(c1)C(=CC(=O)c1ccc(NC(=O)c3cc(F)c(Cl)cc3Cl)cc1)NC(C)(C)C2. The van der Waals surface area contributed by atoms with Gasteiger partial charge in [0.15, 0.2) is 5.78 Å². The van der Waals surface area contributed by atoms with Crippen molar-refractivity contribution in [3.05, 3.63) is 98.8 Å². The topological polar surface area (TPSA) is 67.4 Å². The molecule has 0 fully saturated rings. The largest absolute Gasteiger partial charge is 0.497 e. The molecule has 0 unspecified atom stereocenters. The lowest BCUT2D eigenvalue weighted by Gasteiger charge is -2.35. The molecule has 0 radical (unpaired) electrons. The van der Waals surface area contributed by atoms with Gasteiger partial charge in [-0.3, -0.25) is 9.59 Å². The molecule has 4 rings (SSSR count). The second-order valence-electron chi connectivity index (χ2n) is 8.91. The van der Waals surface area contributed by atoms with Gasteiger partial charge in [-0.15, -0.1) is 0 Å². The first kappa shape index (κ1) is 24.8. The Bertz CT molecular complexity index is 1350. The van der Waals surface area contributed by atoms with Crippen LogP contribution in [0.4, 0.5) is 10.1 Å². The molecular formula is C27H23Cl2FN2O3. The van der Waals surface area contributed by atoms with Crippen molar-refractivity contribution in [2.45, 2.75) is 25.8 Å². The van der Waals surface area contributed by atoms with E-state index in [0.717, 1.165) is 29.3 Å². The van der Waals surface area contributed by atoms with Crippen LogP contribution >= 0.6 is 23.2 Å². The van der Waals surface area contributed by atoms with Crippen LogP contribution in [0.15, 0.2) is 60.7 Å². The molecule has 2 N–H and O–H groups in total. The molecule has 1 aliphatic rings. The molecule has 1 aliphatic heterocycles. The van der Waals surface area contributed by atoms with Gasteiger partial charge in [-0.2, -0.15) is 0 Å². The first-order valence-corrected chi connectivity index (χ1v) is 11.6. The number of hydrogen-bond acceptors (Lipinski definition) is 4. The van der Waals surface area contributed by atoms with Crippen LogP contribution in [0, 0.1) is 5.82 Å². The quantitative estimate of drug-likeness (QED) is 0.231. The number of amides is 1. The molecule has 0 atom stereocenters. The summed E-state index contributed by atoms with van der Waals surface area (Å²) >= 11 is 11.7. The van der Waals surface area contributed by atoms with Crippen molar-refractivity contribution >= 4 is 46.3 Å². The van der Waals surface area contributed by atoms with Gasteiger partial charge in [-0.05, 0) is 74.4 Å². The number of rotatable bonds is 5. The summed E-state index contributed by atoms with van der Waals surface area (Å²) in [5.41, 5.74) is 3.38. The maximum absolute atomic E-state index is 13.7. The number of hydrogen-bond donors (Lipinski definition) is 2. The fourth-order valence-corrected chi connectivity index (χ4v) is 4.45. The average molecular weight is 513 g/mol. The highest BCUT2D eigenvalue weighted by molar-refractivity contribution is 6.37. The van der Waals surface area contributed by atoms with Crippen LogP contribution in [0.2, 0.25) is 10.0 Å². The van der Waals surface area contributed by atoms with E-state index in [1.807, 2.05) is 18.2 Å². The lowest BCUT2D eigenvalue weighted by Crippen LogP contribution is -2.43. The molecule has 0 aliphatic carbocycles. The first-order chi connectivity index (χ1) is 16.6. The maximum atomic E-state index is 13.7. The molecule has 3 aromatic carbocycles. The third-order valence-electron chi connectivity index (χ3n) is 5.67. The van der Waals surface area contributed by atoms with Gasteiger partial charge in [0.2, 0.25) is 0 Å². The minimum atomic E-state index is -0.742. The molecule has 0 aromatic heterocycles. The number of carbonyl (C=O) groups excluding carboxylic acids is 2. The van der Waals surface area contributed by atoms with Crippen molar-refractivity contribution in [3.63, 3.8) is 0 Å². The molecule has 0 spiro atoms. The van der Waals surface area contributed by atoms with E-state index in [1.54, 1.807) is 37.5 Å². The minimum absolute atomic E-state index is 0.0344. The Morgan fingerprint density at radius 3 is 2.46 bits per heavy atom. The minimum Gasteiger partial charge on any atom is -0.497 e. The Hall–Kier alpha value is -3.35. The number of allylic oxidation sites excluding steroid dienone is 1. The zero-order valence-electron chi connectivity index (χ0n) is 19.3. The molecular weight excluding hydrogens is 490 g/mol. The van der Waals surface area contributed by atoms with Gasteiger partial charge in [-0.25, -0.2) is 4.39 Å². The van der Waals surface area contributed by atoms with Crippen molar-refractivity contribution < 1.29 is 18.7 Å². The predicted octanol–water partition coefficient (Wildman–Crippen LogP) is 6.54. The average Bonchev–Trinajstić information content (AvgIpc) is 2.81. The number of benzene rings is 3. The van der Waals surface area contributed by atoms with Crippen LogP contribution in [0.1, 0.15) is 45.7 Å². The van der Waals surface area contributed by atoms with E-state index in [2.05, 4.69) is 24.5 Å². The molecule has 0 saturated carbocycles. The zero-order valence-corrected chi connectivity index (χ0v) is 20.9. The normalized spacial score (nSPS) is 15.2.